The van der Waals surface area contributed by atoms with Gasteiger partial charge in [0.05, 0.1) is 16.9 Å². The highest BCUT2D eigenvalue weighted by Crippen LogP contribution is 2.39. The molecule has 4 aromatic rings. The monoisotopic (exact) mass is 527 g/mol. The minimum absolute atomic E-state index is 0.225. The van der Waals surface area contributed by atoms with Gasteiger partial charge in [0, 0.05) is 31.0 Å². The first-order valence-corrected chi connectivity index (χ1v) is 13.5. The fraction of sp³-hybridized carbons (Fsp3) is 0.419. The summed E-state index contributed by atoms with van der Waals surface area (Å²) in [5.74, 6) is -0.313. The summed E-state index contributed by atoms with van der Waals surface area (Å²) in [4.78, 5) is 24.3. The molecule has 1 N–H and O–H groups in total. The Morgan fingerprint density at radius 3 is 2.36 bits per heavy atom. The Bertz CT molecular complexity index is 1490. The van der Waals surface area contributed by atoms with E-state index >= 15 is 0 Å². The van der Waals surface area contributed by atoms with Crippen LogP contribution in [-0.2, 0) is 9.53 Å². The number of hydrogen-bond donors (Lipinski definition) is 1. The lowest BCUT2D eigenvalue weighted by Crippen LogP contribution is -2.40. The highest BCUT2D eigenvalue weighted by atomic mass is 16.5. The van der Waals surface area contributed by atoms with E-state index in [4.69, 9.17) is 14.8 Å². The topological polar surface area (TPSA) is 92.9 Å². The van der Waals surface area contributed by atoms with Crippen molar-refractivity contribution in [1.29, 1.82) is 0 Å². The van der Waals surface area contributed by atoms with Crippen molar-refractivity contribution in [2.45, 2.75) is 66.1 Å². The average Bonchev–Trinajstić information content (AvgIpc) is 3.30. The number of fused-ring (bicyclic) bond motifs is 1. The summed E-state index contributed by atoms with van der Waals surface area (Å²) >= 11 is 0. The standard InChI is InChI=1S/C31H37N5O3/c1-20-26(27(29(37)38)39-30(2,3)4)28(35-16-13-31(5,6)14-17-35)36-25(33-20)19-24(34-36)23-18-22(12-15-32-23)21-10-8-7-9-11-21/h7-12,15,18-19,27H,13-14,16-17H2,1-6H3,(H,37,38)/t27-/m0/s1. The fourth-order valence-electron chi connectivity index (χ4n) is 5.14. The Labute approximate surface area is 229 Å². The van der Waals surface area contributed by atoms with Crippen molar-refractivity contribution in [3.05, 3.63) is 66.0 Å². The molecular formula is C31H37N5O3. The molecule has 1 saturated heterocycles. The van der Waals surface area contributed by atoms with Gasteiger partial charge in [-0.3, -0.25) is 4.98 Å². The van der Waals surface area contributed by atoms with Gasteiger partial charge in [-0.15, -0.1) is 0 Å². The lowest BCUT2D eigenvalue weighted by Gasteiger charge is -2.39. The molecule has 1 aromatic carbocycles. The molecule has 0 spiro atoms. The van der Waals surface area contributed by atoms with Crippen LogP contribution < -0.4 is 4.90 Å². The number of pyridine rings is 1. The van der Waals surface area contributed by atoms with Crippen molar-refractivity contribution >= 4 is 17.4 Å². The fourth-order valence-corrected chi connectivity index (χ4v) is 5.14. The number of aryl methyl sites for hydroxylation is 1. The van der Waals surface area contributed by atoms with Gasteiger partial charge in [0.1, 0.15) is 11.5 Å². The number of carbonyl (C=O) groups is 1. The van der Waals surface area contributed by atoms with E-state index in [1.54, 1.807) is 10.7 Å². The number of ether oxygens (including phenoxy) is 1. The Balaban J connectivity index is 1.68. The zero-order valence-electron chi connectivity index (χ0n) is 23.6. The molecule has 1 fully saturated rings. The van der Waals surface area contributed by atoms with E-state index in [0.29, 0.717) is 22.6 Å². The molecule has 0 amide bonds. The van der Waals surface area contributed by atoms with Gasteiger partial charge in [0.25, 0.3) is 0 Å². The van der Waals surface area contributed by atoms with Crippen LogP contribution in [0.1, 0.15) is 64.8 Å². The maximum absolute atomic E-state index is 12.6. The summed E-state index contributed by atoms with van der Waals surface area (Å²) in [6.45, 7) is 13.6. The molecule has 3 aromatic heterocycles. The normalized spacial score (nSPS) is 16.4. The van der Waals surface area contributed by atoms with Crippen molar-refractivity contribution in [3.8, 4) is 22.5 Å². The summed E-state index contributed by atoms with van der Waals surface area (Å²) in [6, 6.07) is 16.1. The summed E-state index contributed by atoms with van der Waals surface area (Å²) in [6.07, 6.45) is 2.58. The molecule has 5 rings (SSSR count). The molecule has 0 unspecified atom stereocenters. The third-order valence-corrected chi connectivity index (χ3v) is 7.31. The predicted molar refractivity (Wildman–Crippen MR) is 153 cm³/mol. The molecule has 0 radical (unpaired) electrons. The smallest absolute Gasteiger partial charge is 0.337 e. The summed E-state index contributed by atoms with van der Waals surface area (Å²) < 4.78 is 7.91. The highest BCUT2D eigenvalue weighted by Gasteiger charge is 2.36. The van der Waals surface area contributed by atoms with Crippen LogP contribution in [-0.4, -0.2) is 49.3 Å². The van der Waals surface area contributed by atoms with Gasteiger partial charge in [-0.25, -0.2) is 9.78 Å². The second-order valence-electron chi connectivity index (χ2n) is 12.1. The summed E-state index contributed by atoms with van der Waals surface area (Å²) in [5, 5.41) is 15.3. The summed E-state index contributed by atoms with van der Waals surface area (Å²) in [7, 11) is 0. The van der Waals surface area contributed by atoms with Crippen LogP contribution in [0.5, 0.6) is 0 Å². The first-order valence-electron chi connectivity index (χ1n) is 13.5. The second kappa shape index (κ2) is 10.1. The quantitative estimate of drug-likeness (QED) is 0.313. The molecule has 1 aliphatic rings. The van der Waals surface area contributed by atoms with Gasteiger partial charge >= 0.3 is 5.97 Å². The first-order chi connectivity index (χ1) is 18.4. The number of rotatable bonds is 6. The Morgan fingerprint density at radius 2 is 1.72 bits per heavy atom. The maximum Gasteiger partial charge on any atom is 0.337 e. The van der Waals surface area contributed by atoms with Crippen LogP contribution in [0.2, 0.25) is 0 Å². The lowest BCUT2D eigenvalue weighted by molar-refractivity contribution is -0.160. The Hall–Kier alpha value is -3.78. The Kier molecular flexibility index (Phi) is 6.93. The van der Waals surface area contributed by atoms with Crippen LogP contribution in [0.4, 0.5) is 5.82 Å². The third-order valence-electron chi connectivity index (χ3n) is 7.31. The number of piperidine rings is 1. The van der Waals surface area contributed by atoms with Crippen LogP contribution in [0.3, 0.4) is 0 Å². The molecule has 1 aliphatic heterocycles. The molecular weight excluding hydrogens is 490 g/mol. The number of carboxylic acids is 1. The van der Waals surface area contributed by atoms with E-state index < -0.39 is 17.7 Å². The number of benzene rings is 1. The van der Waals surface area contributed by atoms with Gasteiger partial charge in [0.15, 0.2) is 11.8 Å². The van der Waals surface area contributed by atoms with Crippen LogP contribution >= 0.6 is 0 Å². The molecule has 0 bridgehead atoms. The van der Waals surface area contributed by atoms with Crippen molar-refractivity contribution in [1.82, 2.24) is 19.6 Å². The summed E-state index contributed by atoms with van der Waals surface area (Å²) in [5.41, 5.74) is 4.93. The number of hydrogen-bond acceptors (Lipinski definition) is 6. The zero-order chi connectivity index (χ0) is 27.9. The van der Waals surface area contributed by atoms with Gasteiger partial charge in [0.2, 0.25) is 0 Å². The number of nitrogens with zero attached hydrogens (tertiary/aromatic N) is 5. The van der Waals surface area contributed by atoms with Gasteiger partial charge in [-0.2, -0.15) is 9.61 Å². The van der Waals surface area contributed by atoms with Gasteiger partial charge in [-0.05, 0) is 69.2 Å². The SMILES string of the molecule is Cc1nc2cc(-c3cc(-c4ccccc4)ccn3)nn2c(N2CCC(C)(C)CC2)c1[C@H](OC(C)(C)C)C(=O)O. The lowest BCUT2D eigenvalue weighted by atomic mass is 9.82. The first kappa shape index (κ1) is 26.8. The molecule has 204 valence electrons. The molecule has 4 heterocycles. The van der Waals surface area contributed by atoms with E-state index in [-0.39, 0.29) is 5.41 Å². The molecule has 8 heteroatoms. The molecule has 1 atom stereocenters. The zero-order valence-corrected chi connectivity index (χ0v) is 23.6. The number of carboxylic acid groups (broad SMARTS) is 1. The predicted octanol–water partition coefficient (Wildman–Crippen LogP) is 6.33. The number of aromatic nitrogens is 4. The van der Waals surface area contributed by atoms with Crippen LogP contribution in [0.25, 0.3) is 28.2 Å². The second-order valence-corrected chi connectivity index (χ2v) is 12.1. The largest absolute Gasteiger partial charge is 0.479 e. The molecule has 8 nitrogen and oxygen atoms in total. The molecule has 0 saturated carbocycles. The van der Waals surface area contributed by atoms with Crippen molar-refractivity contribution in [3.63, 3.8) is 0 Å². The Morgan fingerprint density at radius 1 is 1.03 bits per heavy atom. The van der Waals surface area contributed by atoms with E-state index in [9.17, 15) is 9.90 Å². The van der Waals surface area contributed by atoms with E-state index in [2.05, 4.69) is 35.9 Å². The minimum Gasteiger partial charge on any atom is -0.479 e. The highest BCUT2D eigenvalue weighted by molar-refractivity contribution is 5.79. The molecule has 39 heavy (non-hydrogen) atoms. The van der Waals surface area contributed by atoms with Crippen molar-refractivity contribution in [2.24, 2.45) is 5.41 Å². The van der Waals surface area contributed by atoms with Gasteiger partial charge in [-0.1, -0.05) is 44.2 Å². The van der Waals surface area contributed by atoms with Crippen LogP contribution in [0.15, 0.2) is 54.7 Å². The maximum atomic E-state index is 12.6. The average molecular weight is 528 g/mol. The van der Waals surface area contributed by atoms with E-state index in [1.807, 2.05) is 64.1 Å². The van der Waals surface area contributed by atoms with Gasteiger partial charge < -0.3 is 14.7 Å². The van der Waals surface area contributed by atoms with Crippen LogP contribution in [0, 0.1) is 12.3 Å². The molecule has 0 aliphatic carbocycles. The minimum atomic E-state index is -1.18. The van der Waals surface area contributed by atoms with Crippen molar-refractivity contribution < 1.29 is 14.6 Å². The third kappa shape index (κ3) is 5.66. The van der Waals surface area contributed by atoms with Crippen molar-refractivity contribution in [2.75, 3.05) is 18.0 Å². The van der Waals surface area contributed by atoms with E-state index in [0.717, 1.165) is 48.6 Å². The van der Waals surface area contributed by atoms with E-state index in [1.165, 1.54) is 0 Å². The number of aliphatic carboxylic acids is 1. The number of anilines is 1.